The lowest BCUT2D eigenvalue weighted by Gasteiger charge is -2.40. The minimum Gasteiger partial charge on any atom is -0.476 e. The van der Waals surface area contributed by atoms with Crippen LogP contribution in [0.3, 0.4) is 0 Å². The van der Waals surface area contributed by atoms with Gasteiger partial charge in [0.05, 0.1) is 15.1 Å². The highest BCUT2D eigenvalue weighted by molar-refractivity contribution is 7.89. The number of sulfonamides is 1. The van der Waals surface area contributed by atoms with Crippen LogP contribution >= 0.6 is 34.8 Å². The number of hydrogen-bond donors (Lipinski definition) is 2. The van der Waals surface area contributed by atoms with E-state index in [1.165, 1.54) is 24.4 Å². The van der Waals surface area contributed by atoms with E-state index in [0.717, 1.165) is 25.7 Å². The number of benzene rings is 1. The topological polar surface area (TPSA) is 115 Å². The average Bonchev–Trinajstić information content (AvgIpc) is 3.01. The summed E-state index contributed by atoms with van der Waals surface area (Å²) in [6.45, 7) is 3.34. The van der Waals surface area contributed by atoms with Crippen molar-refractivity contribution in [3.05, 3.63) is 45.5 Å². The molecule has 8 nitrogen and oxygen atoms in total. The molecule has 1 amide bonds. The van der Waals surface area contributed by atoms with Crippen molar-refractivity contribution >= 4 is 56.6 Å². The van der Waals surface area contributed by atoms with Gasteiger partial charge in [-0.25, -0.2) is 18.5 Å². The highest BCUT2D eigenvalue weighted by Gasteiger charge is 2.43. The number of halogens is 3. The van der Waals surface area contributed by atoms with E-state index in [4.69, 9.17) is 44.7 Å². The normalized spacial score (nSPS) is 22.5. The summed E-state index contributed by atoms with van der Waals surface area (Å²) in [5, 5.41) is 9.14. The molecule has 2 saturated heterocycles. The molecule has 0 spiro atoms. The average molecular weight is 548 g/mol. The number of fused-ring (bicyclic) bond motifs is 2. The monoisotopic (exact) mass is 546 g/mol. The van der Waals surface area contributed by atoms with Crippen LogP contribution in [-0.2, 0) is 14.8 Å². The van der Waals surface area contributed by atoms with Gasteiger partial charge in [-0.2, -0.15) is 0 Å². The van der Waals surface area contributed by atoms with Gasteiger partial charge in [0.15, 0.2) is 5.60 Å². The molecule has 1 aromatic carbocycles. The number of carbonyl (C=O) groups excluding carboxylic acids is 1. The second kappa shape index (κ2) is 9.35. The third-order valence-electron chi connectivity index (χ3n) is 6.27. The molecule has 0 radical (unpaired) electrons. The van der Waals surface area contributed by atoms with Gasteiger partial charge in [0, 0.05) is 30.4 Å². The first-order valence-corrected chi connectivity index (χ1v) is 13.4. The Balaban J connectivity index is 1.42. The summed E-state index contributed by atoms with van der Waals surface area (Å²) in [6, 6.07) is 6.47. The molecule has 0 aliphatic carbocycles. The fourth-order valence-corrected chi connectivity index (χ4v) is 5.66. The molecule has 2 aliphatic heterocycles. The van der Waals surface area contributed by atoms with Gasteiger partial charge >= 0.3 is 0 Å². The Morgan fingerprint density at radius 3 is 2.29 bits per heavy atom. The Bertz CT molecular complexity index is 1190. The van der Waals surface area contributed by atoms with Crippen molar-refractivity contribution in [3.8, 4) is 5.75 Å². The van der Waals surface area contributed by atoms with Gasteiger partial charge in [-0.3, -0.25) is 4.79 Å². The predicted octanol–water partition coefficient (Wildman–Crippen LogP) is 4.16. The van der Waals surface area contributed by atoms with Crippen molar-refractivity contribution < 1.29 is 17.9 Å². The smallest absolute Gasteiger partial charge is 0.263 e. The molecule has 2 bridgehead atoms. The summed E-state index contributed by atoms with van der Waals surface area (Å²) in [5.41, 5.74) is -1.19. The Hall–Kier alpha value is -1.78. The second-order valence-electron chi connectivity index (χ2n) is 9.14. The molecule has 2 aromatic rings. The maximum atomic E-state index is 13.1. The Morgan fingerprint density at radius 2 is 1.74 bits per heavy atom. The van der Waals surface area contributed by atoms with Gasteiger partial charge in [-0.1, -0.05) is 34.8 Å². The van der Waals surface area contributed by atoms with Crippen LogP contribution in [0.25, 0.3) is 0 Å². The van der Waals surface area contributed by atoms with Gasteiger partial charge in [0.25, 0.3) is 5.91 Å². The first-order valence-electron chi connectivity index (χ1n) is 10.8. The second-order valence-corrected chi connectivity index (χ2v) is 11.9. The van der Waals surface area contributed by atoms with E-state index in [0.29, 0.717) is 10.8 Å². The number of aromatic nitrogens is 1. The summed E-state index contributed by atoms with van der Waals surface area (Å²) < 4.78 is 28.9. The fourth-order valence-electron chi connectivity index (χ4n) is 4.63. The summed E-state index contributed by atoms with van der Waals surface area (Å²) in [7, 11) is -3.79. The van der Waals surface area contributed by atoms with Crippen LogP contribution in [0, 0.1) is 0 Å². The van der Waals surface area contributed by atoms with Crippen LogP contribution in [0.15, 0.2) is 35.4 Å². The van der Waals surface area contributed by atoms with Crippen LogP contribution in [0.4, 0.5) is 5.82 Å². The molecule has 3 atom stereocenters. The van der Waals surface area contributed by atoms with Crippen LogP contribution < -0.4 is 20.1 Å². The molecule has 34 heavy (non-hydrogen) atoms. The molecule has 2 fully saturated rings. The molecule has 4 rings (SSSR count). The first-order chi connectivity index (χ1) is 15.8. The summed E-state index contributed by atoms with van der Waals surface area (Å²) >= 11 is 18.2. The molecule has 3 N–H and O–H groups in total. The standard InChI is InChI=1S/C22H25Cl3N4O4S/c1-22(2,33-19-10-17(24)16(23)9-18(19)25)21(30)28-12-7-13-3-4-14(8-12)29(13)20-6-5-15(11-27-20)34(26,31)32/h5-6,9-14H,3-4,7-8H2,1-2H3,(H,28,30)(H2,26,31,32)/t12-,13+,14-. The number of rotatable bonds is 6. The zero-order valence-corrected chi connectivity index (χ0v) is 21.7. The lowest BCUT2D eigenvalue weighted by atomic mass is 9.96. The van der Waals surface area contributed by atoms with Crippen LogP contribution in [-0.4, -0.2) is 43.0 Å². The molecule has 184 valence electrons. The van der Waals surface area contributed by atoms with E-state index in [1.54, 1.807) is 19.9 Å². The molecular formula is C22H25Cl3N4O4S. The minimum atomic E-state index is -3.79. The molecule has 0 unspecified atom stereocenters. The first kappa shape index (κ1) is 25.3. The quantitative estimate of drug-likeness (QED) is 0.525. The molecule has 12 heteroatoms. The molecule has 3 heterocycles. The van der Waals surface area contributed by atoms with Crippen molar-refractivity contribution in [2.24, 2.45) is 5.14 Å². The van der Waals surface area contributed by atoms with E-state index in [1.807, 2.05) is 0 Å². The lowest BCUT2D eigenvalue weighted by molar-refractivity contribution is -0.135. The zero-order chi connectivity index (χ0) is 24.8. The van der Waals surface area contributed by atoms with Crippen LogP contribution in [0.2, 0.25) is 15.1 Å². The zero-order valence-electron chi connectivity index (χ0n) is 18.6. The third kappa shape index (κ3) is 5.23. The van der Waals surface area contributed by atoms with Crippen LogP contribution in [0.1, 0.15) is 39.5 Å². The van der Waals surface area contributed by atoms with Gasteiger partial charge in [0.1, 0.15) is 16.5 Å². The van der Waals surface area contributed by atoms with Gasteiger partial charge in [-0.05, 0) is 57.7 Å². The third-order valence-corrected chi connectivity index (χ3v) is 8.18. The molecule has 0 saturated carbocycles. The van der Waals surface area contributed by atoms with E-state index in [-0.39, 0.29) is 44.7 Å². The number of anilines is 1. The number of nitrogens with two attached hydrogens (primary N) is 1. The van der Waals surface area contributed by atoms with Crippen molar-refractivity contribution in [3.63, 3.8) is 0 Å². The number of hydrogen-bond acceptors (Lipinski definition) is 6. The number of amides is 1. The maximum absolute atomic E-state index is 13.1. The molecule has 2 aliphatic rings. The van der Waals surface area contributed by atoms with E-state index >= 15 is 0 Å². The van der Waals surface area contributed by atoms with E-state index < -0.39 is 15.6 Å². The van der Waals surface area contributed by atoms with E-state index in [2.05, 4.69) is 15.2 Å². The SMILES string of the molecule is CC(C)(Oc1cc(Cl)c(Cl)cc1Cl)C(=O)N[C@H]1C[C@H]2CC[C@@H](C1)N2c1ccc(S(N)(=O)=O)cn1. The number of carbonyl (C=O) groups is 1. The summed E-state index contributed by atoms with van der Waals surface area (Å²) in [5.74, 6) is 0.728. The summed E-state index contributed by atoms with van der Waals surface area (Å²) in [6.07, 6.45) is 4.70. The fraction of sp³-hybridized carbons (Fsp3) is 0.455. The van der Waals surface area contributed by atoms with Gasteiger partial charge in [0.2, 0.25) is 10.0 Å². The van der Waals surface area contributed by atoms with Crippen molar-refractivity contribution in [2.75, 3.05) is 4.90 Å². The summed E-state index contributed by atoms with van der Waals surface area (Å²) in [4.78, 5) is 19.6. The highest BCUT2D eigenvalue weighted by Crippen LogP contribution is 2.39. The lowest BCUT2D eigenvalue weighted by Crippen LogP contribution is -2.55. The number of nitrogens with zero attached hydrogens (tertiary/aromatic N) is 2. The highest BCUT2D eigenvalue weighted by atomic mass is 35.5. The molecular weight excluding hydrogens is 523 g/mol. The molecule has 1 aromatic heterocycles. The Labute approximate surface area is 213 Å². The minimum absolute atomic E-state index is 0.0185. The Kier molecular flexibility index (Phi) is 6.96. The van der Waals surface area contributed by atoms with E-state index in [9.17, 15) is 13.2 Å². The number of primary sulfonamides is 1. The van der Waals surface area contributed by atoms with Crippen molar-refractivity contribution in [2.45, 2.75) is 68.2 Å². The Morgan fingerprint density at radius 1 is 1.12 bits per heavy atom. The van der Waals surface area contributed by atoms with Crippen molar-refractivity contribution in [1.82, 2.24) is 10.3 Å². The number of ether oxygens (including phenoxy) is 1. The maximum Gasteiger partial charge on any atom is 0.263 e. The van der Waals surface area contributed by atoms with Gasteiger partial charge in [-0.15, -0.1) is 0 Å². The number of nitrogens with one attached hydrogen (secondary N) is 1. The predicted molar refractivity (Wildman–Crippen MR) is 132 cm³/mol. The van der Waals surface area contributed by atoms with Crippen LogP contribution in [0.5, 0.6) is 5.75 Å². The number of piperidine rings is 1. The largest absolute Gasteiger partial charge is 0.476 e. The van der Waals surface area contributed by atoms with Gasteiger partial charge < -0.3 is 15.0 Å². The van der Waals surface area contributed by atoms with Crippen molar-refractivity contribution in [1.29, 1.82) is 0 Å². The number of pyridine rings is 1.